The lowest BCUT2D eigenvalue weighted by Gasteiger charge is -2.19. The number of nitrogens with two attached hydrogens (primary N) is 1. The third-order valence-electron chi connectivity index (χ3n) is 2.96. The molecule has 19 heavy (non-hydrogen) atoms. The molecule has 0 aliphatic rings. The van der Waals surface area contributed by atoms with Crippen LogP contribution in [0, 0.1) is 13.8 Å². The molecule has 0 aromatic heterocycles. The highest BCUT2D eigenvalue weighted by Gasteiger charge is 2.14. The normalized spacial score (nSPS) is 12.5. The van der Waals surface area contributed by atoms with Crippen LogP contribution in [0.5, 0.6) is 0 Å². The first kappa shape index (κ1) is 14.5. The van der Waals surface area contributed by atoms with Crippen LogP contribution in [0.15, 0.2) is 40.9 Å². The highest BCUT2D eigenvalue weighted by Crippen LogP contribution is 2.28. The smallest absolute Gasteiger partial charge is 0.0711 e. The first-order valence-electron chi connectivity index (χ1n) is 6.00. The van der Waals surface area contributed by atoms with Crippen LogP contribution in [-0.2, 0) is 0 Å². The minimum absolute atomic E-state index is 0.0754. The van der Waals surface area contributed by atoms with Gasteiger partial charge in [-0.05, 0) is 43.2 Å². The van der Waals surface area contributed by atoms with Crippen molar-refractivity contribution in [3.05, 3.63) is 68.1 Å². The van der Waals surface area contributed by atoms with Crippen molar-refractivity contribution in [2.45, 2.75) is 19.9 Å². The Balaban J connectivity index is 2.49. The number of hydrogen-bond acceptors (Lipinski definition) is 2. The molecule has 0 aliphatic carbocycles. The number of hydrogen-bond donors (Lipinski definition) is 2. The molecule has 0 heterocycles. The van der Waals surface area contributed by atoms with Crippen molar-refractivity contribution in [3.8, 4) is 0 Å². The second-order valence-corrected chi connectivity index (χ2v) is 6.08. The summed E-state index contributed by atoms with van der Waals surface area (Å²) in [6, 6.07) is 12.1. The Bertz CT molecular complexity index is 507. The third-order valence-corrected chi connectivity index (χ3v) is 3.64. The van der Waals surface area contributed by atoms with Gasteiger partial charge < -0.3 is 0 Å². The van der Waals surface area contributed by atoms with E-state index in [-0.39, 0.29) is 6.04 Å². The molecule has 1 atom stereocenters. The topological polar surface area (TPSA) is 38.0 Å². The Labute approximate surface area is 127 Å². The van der Waals surface area contributed by atoms with E-state index in [2.05, 4.69) is 53.4 Å². The molecule has 0 spiro atoms. The van der Waals surface area contributed by atoms with E-state index in [1.54, 1.807) is 0 Å². The van der Waals surface area contributed by atoms with Crippen molar-refractivity contribution >= 4 is 27.5 Å². The van der Waals surface area contributed by atoms with Crippen LogP contribution < -0.4 is 11.3 Å². The molecule has 0 aliphatic heterocycles. The maximum absolute atomic E-state index is 6.10. The standard InChI is InChI=1S/C15H16BrClN2/c1-9-3-10(2)5-11(4-9)15(19-18)12-6-13(16)8-14(17)7-12/h3-8,15,19H,18H2,1-2H3. The Hall–Kier alpha value is -0.870. The molecule has 0 bridgehead atoms. The molecule has 2 aromatic rings. The quantitative estimate of drug-likeness (QED) is 0.647. The van der Waals surface area contributed by atoms with Crippen LogP contribution in [0.25, 0.3) is 0 Å². The summed E-state index contributed by atoms with van der Waals surface area (Å²) in [4.78, 5) is 0. The van der Waals surface area contributed by atoms with Crippen molar-refractivity contribution in [3.63, 3.8) is 0 Å². The van der Waals surface area contributed by atoms with Crippen molar-refractivity contribution in [1.82, 2.24) is 5.43 Å². The number of benzene rings is 2. The van der Waals surface area contributed by atoms with Gasteiger partial charge in [-0.1, -0.05) is 56.9 Å². The summed E-state index contributed by atoms with van der Waals surface area (Å²) in [6.07, 6.45) is 0. The SMILES string of the molecule is Cc1cc(C)cc(C(NN)c2cc(Cl)cc(Br)c2)c1. The summed E-state index contributed by atoms with van der Waals surface area (Å²) in [7, 11) is 0. The zero-order chi connectivity index (χ0) is 14.0. The molecule has 2 nitrogen and oxygen atoms in total. The van der Waals surface area contributed by atoms with Gasteiger partial charge in [0.25, 0.3) is 0 Å². The fourth-order valence-electron chi connectivity index (χ4n) is 2.30. The maximum atomic E-state index is 6.10. The summed E-state index contributed by atoms with van der Waals surface area (Å²) in [6.45, 7) is 4.16. The van der Waals surface area contributed by atoms with Gasteiger partial charge in [0.1, 0.15) is 0 Å². The first-order chi connectivity index (χ1) is 8.99. The van der Waals surface area contributed by atoms with Gasteiger partial charge in [-0.2, -0.15) is 0 Å². The van der Waals surface area contributed by atoms with E-state index < -0.39 is 0 Å². The molecule has 1 unspecified atom stereocenters. The second-order valence-electron chi connectivity index (χ2n) is 4.72. The molecule has 0 saturated heterocycles. The van der Waals surface area contributed by atoms with Gasteiger partial charge >= 0.3 is 0 Å². The highest BCUT2D eigenvalue weighted by atomic mass is 79.9. The molecule has 3 N–H and O–H groups in total. The van der Waals surface area contributed by atoms with Crippen molar-refractivity contribution in [2.24, 2.45) is 5.84 Å². The Morgan fingerprint density at radius 2 is 1.58 bits per heavy atom. The number of rotatable bonds is 3. The monoisotopic (exact) mass is 338 g/mol. The molecule has 0 saturated carbocycles. The van der Waals surface area contributed by atoms with Crippen LogP contribution in [-0.4, -0.2) is 0 Å². The van der Waals surface area contributed by atoms with Crippen LogP contribution in [0.3, 0.4) is 0 Å². The minimum Gasteiger partial charge on any atom is -0.271 e. The summed E-state index contributed by atoms with van der Waals surface area (Å²) in [5.74, 6) is 5.73. The van der Waals surface area contributed by atoms with E-state index in [0.29, 0.717) is 5.02 Å². The molecule has 0 radical (unpaired) electrons. The molecular formula is C15H16BrClN2. The largest absolute Gasteiger partial charge is 0.271 e. The zero-order valence-corrected chi connectivity index (χ0v) is 13.2. The van der Waals surface area contributed by atoms with Crippen LogP contribution >= 0.6 is 27.5 Å². The number of nitrogens with one attached hydrogen (secondary N) is 1. The van der Waals surface area contributed by atoms with Gasteiger partial charge in [-0.3, -0.25) is 5.84 Å². The van der Waals surface area contributed by atoms with Crippen molar-refractivity contribution < 1.29 is 0 Å². The molecule has 4 heteroatoms. The van der Waals surface area contributed by atoms with E-state index in [9.17, 15) is 0 Å². The fourth-order valence-corrected chi connectivity index (χ4v) is 3.19. The predicted octanol–water partition coefficient (Wildman–Crippen LogP) is 4.27. The lowest BCUT2D eigenvalue weighted by Crippen LogP contribution is -2.29. The van der Waals surface area contributed by atoms with E-state index in [1.165, 1.54) is 11.1 Å². The number of hydrazine groups is 1. The third kappa shape index (κ3) is 3.57. The van der Waals surface area contributed by atoms with Gasteiger partial charge in [-0.15, -0.1) is 0 Å². The fraction of sp³-hybridized carbons (Fsp3) is 0.200. The molecule has 2 aromatic carbocycles. The maximum Gasteiger partial charge on any atom is 0.0711 e. The first-order valence-corrected chi connectivity index (χ1v) is 7.17. The zero-order valence-electron chi connectivity index (χ0n) is 10.9. The average molecular weight is 340 g/mol. The van der Waals surface area contributed by atoms with E-state index in [4.69, 9.17) is 17.4 Å². The van der Waals surface area contributed by atoms with Gasteiger partial charge in [0.05, 0.1) is 6.04 Å². The summed E-state index contributed by atoms with van der Waals surface area (Å²) < 4.78 is 0.944. The molecule has 2 rings (SSSR count). The van der Waals surface area contributed by atoms with Crippen LogP contribution in [0.4, 0.5) is 0 Å². The summed E-state index contributed by atoms with van der Waals surface area (Å²) in [5.41, 5.74) is 7.47. The number of halogens is 2. The lowest BCUT2D eigenvalue weighted by molar-refractivity contribution is 0.636. The average Bonchev–Trinajstić information content (AvgIpc) is 2.27. The predicted molar refractivity (Wildman–Crippen MR) is 84.2 cm³/mol. The minimum atomic E-state index is -0.0754. The Kier molecular flexibility index (Phi) is 4.63. The van der Waals surface area contributed by atoms with E-state index in [1.807, 2.05) is 18.2 Å². The molecule has 0 fully saturated rings. The van der Waals surface area contributed by atoms with Crippen LogP contribution in [0.2, 0.25) is 5.02 Å². The summed E-state index contributed by atoms with van der Waals surface area (Å²) >= 11 is 9.56. The molecule has 100 valence electrons. The van der Waals surface area contributed by atoms with Gasteiger partial charge in [0.15, 0.2) is 0 Å². The molecule has 0 amide bonds. The second kappa shape index (κ2) is 6.06. The van der Waals surface area contributed by atoms with Gasteiger partial charge in [0.2, 0.25) is 0 Å². The van der Waals surface area contributed by atoms with Crippen molar-refractivity contribution in [2.75, 3.05) is 0 Å². The summed E-state index contributed by atoms with van der Waals surface area (Å²) in [5, 5.41) is 0.689. The van der Waals surface area contributed by atoms with Crippen LogP contribution in [0.1, 0.15) is 28.3 Å². The number of aryl methyl sites for hydroxylation is 2. The van der Waals surface area contributed by atoms with E-state index >= 15 is 0 Å². The van der Waals surface area contributed by atoms with Gasteiger partial charge in [0, 0.05) is 9.50 Å². The Morgan fingerprint density at radius 3 is 2.11 bits per heavy atom. The molecular weight excluding hydrogens is 324 g/mol. The highest BCUT2D eigenvalue weighted by molar-refractivity contribution is 9.10. The van der Waals surface area contributed by atoms with Gasteiger partial charge in [-0.25, -0.2) is 5.43 Å². The van der Waals surface area contributed by atoms with E-state index in [0.717, 1.165) is 15.6 Å². The lowest BCUT2D eigenvalue weighted by atomic mass is 9.96. The Morgan fingerprint density at radius 1 is 1.00 bits per heavy atom. The van der Waals surface area contributed by atoms with Crippen molar-refractivity contribution in [1.29, 1.82) is 0 Å².